The average molecular weight is 394 g/mol. The second-order valence-electron chi connectivity index (χ2n) is 6.27. The van der Waals surface area contributed by atoms with Gasteiger partial charge in [-0.2, -0.15) is 5.26 Å². The molecule has 1 aromatic heterocycles. The summed E-state index contributed by atoms with van der Waals surface area (Å²) in [5.74, 6) is -0.812. The molecule has 0 bridgehead atoms. The van der Waals surface area contributed by atoms with Crippen molar-refractivity contribution < 1.29 is 9.18 Å². The van der Waals surface area contributed by atoms with Crippen LogP contribution in [-0.4, -0.2) is 10.5 Å². The number of halogens is 2. The van der Waals surface area contributed by atoms with E-state index in [2.05, 4.69) is 5.32 Å². The summed E-state index contributed by atoms with van der Waals surface area (Å²) in [6, 6.07) is 16.6. The number of aromatic nitrogens is 1. The summed E-state index contributed by atoms with van der Waals surface area (Å²) in [5, 5.41) is 12.7. The molecular weight excluding hydrogens is 377 g/mol. The second kappa shape index (κ2) is 8.12. The Morgan fingerprint density at radius 2 is 1.79 bits per heavy atom. The third-order valence-electron chi connectivity index (χ3n) is 4.32. The van der Waals surface area contributed by atoms with E-state index in [1.807, 2.05) is 30.6 Å². The lowest BCUT2D eigenvalue weighted by molar-refractivity contribution is -0.112. The van der Waals surface area contributed by atoms with E-state index in [9.17, 15) is 14.4 Å². The molecule has 28 heavy (non-hydrogen) atoms. The number of carbonyl (C=O) groups is 1. The molecule has 0 spiro atoms. The van der Waals surface area contributed by atoms with Crippen LogP contribution in [0, 0.1) is 31.0 Å². The molecule has 0 aliphatic rings. The third-order valence-corrected chi connectivity index (χ3v) is 4.57. The fourth-order valence-corrected chi connectivity index (χ4v) is 3.08. The summed E-state index contributed by atoms with van der Waals surface area (Å²) in [5.41, 5.74) is 3.83. The van der Waals surface area contributed by atoms with Gasteiger partial charge in [0.05, 0.1) is 0 Å². The van der Waals surface area contributed by atoms with Crippen LogP contribution < -0.4 is 5.32 Å². The Morgan fingerprint density at radius 1 is 1.14 bits per heavy atom. The Morgan fingerprint density at radius 3 is 2.39 bits per heavy atom. The minimum Gasteiger partial charge on any atom is -0.321 e. The van der Waals surface area contributed by atoms with E-state index < -0.39 is 5.91 Å². The normalized spacial score (nSPS) is 11.2. The molecule has 6 heteroatoms. The first-order chi connectivity index (χ1) is 13.4. The fourth-order valence-electron chi connectivity index (χ4n) is 2.96. The highest BCUT2D eigenvalue weighted by Crippen LogP contribution is 2.23. The lowest BCUT2D eigenvalue weighted by Crippen LogP contribution is -2.13. The van der Waals surface area contributed by atoms with E-state index in [1.165, 1.54) is 12.1 Å². The van der Waals surface area contributed by atoms with Crippen molar-refractivity contribution in [2.45, 2.75) is 13.8 Å². The van der Waals surface area contributed by atoms with E-state index >= 15 is 0 Å². The lowest BCUT2D eigenvalue weighted by atomic mass is 10.1. The molecule has 0 aliphatic carbocycles. The number of nitrogens with one attached hydrogen (secondary N) is 1. The number of hydrogen-bond acceptors (Lipinski definition) is 2. The van der Waals surface area contributed by atoms with Crippen molar-refractivity contribution in [3.8, 4) is 11.8 Å². The number of aryl methyl sites for hydroxylation is 1. The maximum atomic E-state index is 13.2. The van der Waals surface area contributed by atoms with Crippen LogP contribution in [0.15, 0.2) is 60.2 Å². The molecule has 1 heterocycles. The highest BCUT2D eigenvalue weighted by atomic mass is 35.5. The van der Waals surface area contributed by atoms with Gasteiger partial charge in [0.2, 0.25) is 0 Å². The van der Waals surface area contributed by atoms with Gasteiger partial charge in [-0.15, -0.1) is 0 Å². The third kappa shape index (κ3) is 4.13. The van der Waals surface area contributed by atoms with Crippen molar-refractivity contribution in [2.24, 2.45) is 0 Å². The van der Waals surface area contributed by atoms with Crippen LogP contribution in [0.25, 0.3) is 11.8 Å². The van der Waals surface area contributed by atoms with Crippen molar-refractivity contribution in [3.63, 3.8) is 0 Å². The van der Waals surface area contributed by atoms with Gasteiger partial charge in [-0.1, -0.05) is 11.6 Å². The number of amides is 1. The van der Waals surface area contributed by atoms with Crippen LogP contribution in [0.3, 0.4) is 0 Å². The standard InChI is InChI=1S/C22H17ClFN3O/c1-14-11-16(15(2)27(14)21-9-5-19(24)6-10-21)12-17(13-25)22(28)26-20-7-3-18(23)4-8-20/h3-12H,1-2H3,(H,26,28). The molecule has 0 aliphatic heterocycles. The van der Waals surface area contributed by atoms with E-state index in [1.54, 1.807) is 42.5 Å². The molecule has 0 atom stereocenters. The van der Waals surface area contributed by atoms with Gasteiger partial charge in [0.15, 0.2) is 0 Å². The molecule has 0 saturated heterocycles. The Kier molecular flexibility index (Phi) is 5.62. The Balaban J connectivity index is 1.91. The minimum atomic E-state index is -0.503. The molecule has 0 unspecified atom stereocenters. The molecule has 2 aromatic carbocycles. The van der Waals surface area contributed by atoms with Crippen molar-refractivity contribution in [3.05, 3.63) is 88.0 Å². The van der Waals surface area contributed by atoms with Crippen LogP contribution in [0.2, 0.25) is 5.02 Å². The van der Waals surface area contributed by atoms with Gasteiger partial charge in [-0.25, -0.2) is 4.39 Å². The zero-order chi connectivity index (χ0) is 20.3. The second-order valence-corrected chi connectivity index (χ2v) is 6.71. The van der Waals surface area contributed by atoms with Crippen LogP contribution in [-0.2, 0) is 4.79 Å². The Bertz CT molecular complexity index is 1090. The first kappa shape index (κ1) is 19.4. The molecule has 0 radical (unpaired) electrons. The quantitative estimate of drug-likeness (QED) is 0.474. The van der Waals surface area contributed by atoms with E-state index in [0.29, 0.717) is 10.7 Å². The molecule has 1 amide bonds. The van der Waals surface area contributed by atoms with Gasteiger partial charge in [0, 0.05) is 27.8 Å². The van der Waals surface area contributed by atoms with Gasteiger partial charge in [0.25, 0.3) is 5.91 Å². The van der Waals surface area contributed by atoms with E-state index in [0.717, 1.165) is 22.6 Å². The van der Waals surface area contributed by atoms with Gasteiger partial charge in [0.1, 0.15) is 17.5 Å². The summed E-state index contributed by atoms with van der Waals surface area (Å²) < 4.78 is 15.2. The van der Waals surface area contributed by atoms with E-state index in [4.69, 9.17) is 11.6 Å². The van der Waals surface area contributed by atoms with Gasteiger partial charge >= 0.3 is 0 Å². The number of rotatable bonds is 4. The molecule has 3 aromatic rings. The van der Waals surface area contributed by atoms with Gasteiger partial charge < -0.3 is 9.88 Å². The van der Waals surface area contributed by atoms with Crippen LogP contribution in [0.4, 0.5) is 10.1 Å². The van der Waals surface area contributed by atoms with Crippen molar-refractivity contribution >= 4 is 29.3 Å². The van der Waals surface area contributed by atoms with E-state index in [-0.39, 0.29) is 11.4 Å². The number of carbonyl (C=O) groups excluding carboxylic acids is 1. The number of nitriles is 1. The molecular formula is C22H17ClFN3O. The zero-order valence-electron chi connectivity index (χ0n) is 15.3. The topological polar surface area (TPSA) is 57.8 Å². The van der Waals surface area contributed by atoms with Crippen molar-refractivity contribution in [1.29, 1.82) is 5.26 Å². The van der Waals surface area contributed by atoms with Crippen LogP contribution >= 0.6 is 11.6 Å². The SMILES string of the molecule is Cc1cc(C=C(C#N)C(=O)Nc2ccc(Cl)cc2)c(C)n1-c1ccc(F)cc1. The number of hydrogen-bond donors (Lipinski definition) is 1. The predicted molar refractivity (Wildman–Crippen MR) is 109 cm³/mol. The highest BCUT2D eigenvalue weighted by Gasteiger charge is 2.14. The van der Waals surface area contributed by atoms with Crippen LogP contribution in [0.5, 0.6) is 0 Å². The Labute approximate surface area is 167 Å². The maximum absolute atomic E-state index is 13.2. The Hall–Kier alpha value is -3.36. The first-order valence-corrected chi connectivity index (χ1v) is 8.90. The molecule has 0 fully saturated rings. The minimum absolute atomic E-state index is 0.0192. The highest BCUT2D eigenvalue weighted by molar-refractivity contribution is 6.30. The monoisotopic (exact) mass is 393 g/mol. The summed E-state index contributed by atoms with van der Waals surface area (Å²) in [7, 11) is 0. The van der Waals surface area contributed by atoms with Crippen molar-refractivity contribution in [2.75, 3.05) is 5.32 Å². The molecule has 4 nitrogen and oxygen atoms in total. The summed E-state index contributed by atoms with van der Waals surface area (Å²) in [6.07, 6.45) is 1.55. The maximum Gasteiger partial charge on any atom is 0.266 e. The number of benzene rings is 2. The smallest absolute Gasteiger partial charge is 0.266 e. The van der Waals surface area contributed by atoms with Crippen LogP contribution in [0.1, 0.15) is 17.0 Å². The van der Waals surface area contributed by atoms with Gasteiger partial charge in [-0.05, 0) is 80.1 Å². The molecule has 3 rings (SSSR count). The molecule has 1 N–H and O–H groups in total. The average Bonchev–Trinajstić information content (AvgIpc) is 2.95. The predicted octanol–water partition coefficient (Wildman–Crippen LogP) is 5.43. The largest absolute Gasteiger partial charge is 0.321 e. The molecule has 0 saturated carbocycles. The lowest BCUT2D eigenvalue weighted by Gasteiger charge is -2.09. The van der Waals surface area contributed by atoms with Gasteiger partial charge in [-0.3, -0.25) is 4.79 Å². The summed E-state index contributed by atoms with van der Waals surface area (Å²) >= 11 is 5.84. The summed E-state index contributed by atoms with van der Waals surface area (Å²) in [6.45, 7) is 3.79. The first-order valence-electron chi connectivity index (χ1n) is 8.52. The zero-order valence-corrected chi connectivity index (χ0v) is 16.1. The summed E-state index contributed by atoms with van der Waals surface area (Å²) in [4.78, 5) is 12.5. The fraction of sp³-hybridized carbons (Fsp3) is 0.0909. The number of nitrogens with zero attached hydrogens (tertiary/aromatic N) is 2. The van der Waals surface area contributed by atoms with Crippen molar-refractivity contribution in [1.82, 2.24) is 4.57 Å². The molecule has 140 valence electrons. The number of anilines is 1.